The van der Waals surface area contributed by atoms with Gasteiger partial charge >= 0.3 is 0 Å². The third-order valence-electron chi connectivity index (χ3n) is 5.04. The van der Waals surface area contributed by atoms with Gasteiger partial charge in [0.2, 0.25) is 22.9 Å². The number of likely N-dealkylation sites (tertiary alicyclic amines) is 1. The van der Waals surface area contributed by atoms with Gasteiger partial charge < -0.3 is 5.32 Å². The van der Waals surface area contributed by atoms with E-state index in [1.807, 2.05) is 6.92 Å². The molecule has 2 heterocycles. The molecule has 0 unspecified atom stereocenters. The maximum atomic E-state index is 12.5. The molecule has 1 aliphatic heterocycles. The number of anilines is 1. The number of hydrogen-bond acceptors (Lipinski definition) is 7. The summed E-state index contributed by atoms with van der Waals surface area (Å²) in [7, 11) is 0. The molecule has 9 heteroatoms. The van der Waals surface area contributed by atoms with Crippen molar-refractivity contribution >= 4 is 46.0 Å². The maximum Gasteiger partial charge on any atom is 0.233 e. The van der Waals surface area contributed by atoms with Crippen molar-refractivity contribution < 1.29 is 14.4 Å². The lowest BCUT2D eigenvalue weighted by Gasteiger charge is -2.16. The van der Waals surface area contributed by atoms with Gasteiger partial charge in [0.1, 0.15) is 0 Å². The van der Waals surface area contributed by atoms with E-state index in [1.54, 1.807) is 11.8 Å². The zero-order chi connectivity index (χ0) is 17.6. The minimum absolute atomic E-state index is 0.0789. The molecule has 1 aromatic rings. The topological polar surface area (TPSA) is 92.3 Å². The van der Waals surface area contributed by atoms with E-state index in [1.165, 1.54) is 16.2 Å². The first kappa shape index (κ1) is 16.7. The van der Waals surface area contributed by atoms with Crippen LogP contribution in [0.15, 0.2) is 16.5 Å². The Morgan fingerprint density at radius 3 is 2.60 bits per heavy atom. The molecular formula is C16H18N4O3S2. The van der Waals surface area contributed by atoms with E-state index < -0.39 is 0 Å². The predicted octanol–water partition coefficient (Wildman–Crippen LogP) is 1.79. The number of aromatic nitrogens is 2. The standard InChI is InChI=1S/C16H18N4O3S2/c1-2-24-16-19-18-15(25-16)17-10(21)5-6-20-13(22)11-8-3-4-9(7-8)12(11)14(20)23/h3-4,8-9,11-12H,2,5-7H2,1H3,(H,17,18,21)/t8-,9-,11-,12-/m0/s1. The average molecular weight is 378 g/mol. The summed E-state index contributed by atoms with van der Waals surface area (Å²) in [5.41, 5.74) is 0. The highest BCUT2D eigenvalue weighted by Crippen LogP contribution is 2.52. The van der Waals surface area contributed by atoms with Crippen molar-refractivity contribution in [3.05, 3.63) is 12.2 Å². The SMILES string of the molecule is CCSc1nnc(NC(=O)CCN2C(=O)[C@@H]3[C@@H](C2=O)[C@H]2C=C[C@H]3C2)s1. The molecule has 3 amide bonds. The number of imide groups is 1. The molecular weight excluding hydrogens is 360 g/mol. The van der Waals surface area contributed by atoms with Crippen LogP contribution in [0.1, 0.15) is 19.8 Å². The molecule has 1 saturated heterocycles. The number of carbonyl (C=O) groups excluding carboxylic acids is 3. The van der Waals surface area contributed by atoms with Gasteiger partial charge in [-0.05, 0) is 24.0 Å². The Hall–Kier alpha value is -1.74. The van der Waals surface area contributed by atoms with Gasteiger partial charge in [0.15, 0.2) is 4.34 Å². The maximum absolute atomic E-state index is 12.5. The average Bonchev–Trinajstić information content (AvgIpc) is 3.33. The number of nitrogens with one attached hydrogen (secondary N) is 1. The first-order valence-electron chi connectivity index (χ1n) is 8.38. The molecule has 132 valence electrons. The third kappa shape index (κ3) is 2.89. The molecule has 25 heavy (non-hydrogen) atoms. The number of hydrogen-bond donors (Lipinski definition) is 1. The largest absolute Gasteiger partial charge is 0.300 e. The van der Waals surface area contributed by atoms with Crippen molar-refractivity contribution in [2.75, 3.05) is 17.6 Å². The van der Waals surface area contributed by atoms with Gasteiger partial charge in [0.25, 0.3) is 0 Å². The van der Waals surface area contributed by atoms with Crippen LogP contribution < -0.4 is 5.32 Å². The number of thioether (sulfide) groups is 1. The van der Waals surface area contributed by atoms with E-state index in [4.69, 9.17) is 0 Å². The smallest absolute Gasteiger partial charge is 0.233 e. The molecule has 4 atom stereocenters. The number of nitrogens with zero attached hydrogens (tertiary/aromatic N) is 3. The van der Waals surface area contributed by atoms with Crippen LogP contribution in [0.2, 0.25) is 0 Å². The molecule has 2 fully saturated rings. The second-order valence-corrected chi connectivity index (χ2v) is 8.92. The summed E-state index contributed by atoms with van der Waals surface area (Å²) in [6, 6.07) is 0. The van der Waals surface area contributed by atoms with Gasteiger partial charge in [-0.3, -0.25) is 19.3 Å². The summed E-state index contributed by atoms with van der Waals surface area (Å²) in [5.74, 6) is 0.380. The molecule has 1 N–H and O–H groups in total. The van der Waals surface area contributed by atoms with Crippen molar-refractivity contribution in [3.63, 3.8) is 0 Å². The molecule has 7 nitrogen and oxygen atoms in total. The van der Waals surface area contributed by atoms with Gasteiger partial charge in [-0.1, -0.05) is 42.2 Å². The molecule has 1 saturated carbocycles. The monoisotopic (exact) mass is 378 g/mol. The van der Waals surface area contributed by atoms with Gasteiger partial charge in [0.05, 0.1) is 11.8 Å². The molecule has 3 aliphatic rings. The molecule has 2 aliphatic carbocycles. The second kappa shape index (κ2) is 6.53. The minimum Gasteiger partial charge on any atom is -0.300 e. The highest BCUT2D eigenvalue weighted by Gasteiger charge is 2.58. The Kier molecular flexibility index (Phi) is 4.36. The molecule has 1 aromatic heterocycles. The van der Waals surface area contributed by atoms with E-state index >= 15 is 0 Å². The van der Waals surface area contributed by atoms with E-state index in [9.17, 15) is 14.4 Å². The normalized spacial score (nSPS) is 29.6. The van der Waals surface area contributed by atoms with Gasteiger partial charge in [0, 0.05) is 13.0 Å². The van der Waals surface area contributed by atoms with Crippen LogP contribution in [0.5, 0.6) is 0 Å². The second-order valence-electron chi connectivity index (χ2n) is 6.43. The fourth-order valence-corrected chi connectivity index (χ4v) is 5.69. The summed E-state index contributed by atoms with van der Waals surface area (Å²) in [6.45, 7) is 2.15. The zero-order valence-electron chi connectivity index (χ0n) is 13.7. The van der Waals surface area contributed by atoms with Crippen LogP contribution in [0.25, 0.3) is 0 Å². The Morgan fingerprint density at radius 2 is 1.96 bits per heavy atom. The Morgan fingerprint density at radius 1 is 1.28 bits per heavy atom. The van der Waals surface area contributed by atoms with Gasteiger partial charge in [-0.15, -0.1) is 10.2 Å². The summed E-state index contributed by atoms with van der Waals surface area (Å²) < 4.78 is 0.804. The van der Waals surface area contributed by atoms with Crippen molar-refractivity contribution in [2.45, 2.75) is 24.1 Å². The first-order valence-corrected chi connectivity index (χ1v) is 10.2. The summed E-state index contributed by atoms with van der Waals surface area (Å²) >= 11 is 2.88. The van der Waals surface area contributed by atoms with Crippen LogP contribution >= 0.6 is 23.1 Å². The lowest BCUT2D eigenvalue weighted by Crippen LogP contribution is -2.35. The number of allylic oxidation sites excluding steroid dienone is 2. The molecule has 0 radical (unpaired) electrons. The summed E-state index contributed by atoms with van der Waals surface area (Å²) in [4.78, 5) is 38.5. The summed E-state index contributed by atoms with van der Waals surface area (Å²) in [6.07, 6.45) is 5.12. The van der Waals surface area contributed by atoms with Crippen LogP contribution in [0, 0.1) is 23.7 Å². The van der Waals surface area contributed by atoms with E-state index in [0.717, 1.165) is 16.5 Å². The Bertz CT molecular complexity index is 732. The van der Waals surface area contributed by atoms with E-state index in [0.29, 0.717) is 5.13 Å². The van der Waals surface area contributed by atoms with Crippen LogP contribution in [0.3, 0.4) is 0 Å². The van der Waals surface area contributed by atoms with Crippen LogP contribution in [0.4, 0.5) is 5.13 Å². The Labute approximate surface area is 153 Å². The fraction of sp³-hybridized carbons (Fsp3) is 0.562. The summed E-state index contributed by atoms with van der Waals surface area (Å²) in [5, 5.41) is 11.0. The van der Waals surface area contributed by atoms with E-state index in [2.05, 4.69) is 27.7 Å². The molecule has 0 aromatic carbocycles. The molecule has 4 rings (SSSR count). The first-order chi connectivity index (χ1) is 12.1. The highest BCUT2D eigenvalue weighted by molar-refractivity contribution is 8.01. The third-order valence-corrected chi connectivity index (χ3v) is 6.90. The zero-order valence-corrected chi connectivity index (χ0v) is 15.3. The van der Waals surface area contributed by atoms with E-state index in [-0.39, 0.29) is 54.4 Å². The molecule has 2 bridgehead atoms. The van der Waals surface area contributed by atoms with Gasteiger partial charge in [-0.25, -0.2) is 0 Å². The fourth-order valence-electron chi connectivity index (χ4n) is 4.02. The lowest BCUT2D eigenvalue weighted by molar-refractivity contribution is -0.140. The number of fused-ring (bicyclic) bond motifs is 5. The quantitative estimate of drug-likeness (QED) is 0.351. The van der Waals surface area contributed by atoms with Crippen LogP contribution in [-0.2, 0) is 14.4 Å². The number of rotatable bonds is 6. The van der Waals surface area contributed by atoms with Crippen LogP contribution in [-0.4, -0.2) is 45.1 Å². The number of amides is 3. The predicted molar refractivity (Wildman–Crippen MR) is 94.0 cm³/mol. The van der Waals surface area contributed by atoms with Crippen molar-refractivity contribution in [1.82, 2.24) is 15.1 Å². The highest BCUT2D eigenvalue weighted by atomic mass is 32.2. The van der Waals surface area contributed by atoms with Gasteiger partial charge in [-0.2, -0.15) is 0 Å². The lowest BCUT2D eigenvalue weighted by atomic mass is 9.85. The van der Waals surface area contributed by atoms with Crippen molar-refractivity contribution in [2.24, 2.45) is 23.7 Å². The minimum atomic E-state index is -0.261. The number of carbonyl (C=O) groups is 3. The van der Waals surface area contributed by atoms with Crippen molar-refractivity contribution in [1.29, 1.82) is 0 Å². The van der Waals surface area contributed by atoms with Crippen molar-refractivity contribution in [3.8, 4) is 0 Å². The molecule has 0 spiro atoms. The Balaban J connectivity index is 1.33.